The van der Waals surface area contributed by atoms with Crippen LogP contribution in [0.1, 0.15) is 26.3 Å². The molecule has 1 atom stereocenters. The molecule has 1 rings (SSSR count). The maximum atomic E-state index is 10.5. The Morgan fingerprint density at radius 3 is 1.94 bits per heavy atom. The van der Waals surface area contributed by atoms with Gasteiger partial charge in [-0.05, 0) is 0 Å². The van der Waals surface area contributed by atoms with Gasteiger partial charge in [0.15, 0.2) is 0 Å². The molecule has 0 saturated carbocycles. The SMILES string of the molecule is CC(C)(C)C(O)(OP(O)O)c1ccccc1. The highest BCUT2D eigenvalue weighted by molar-refractivity contribution is 7.39. The van der Waals surface area contributed by atoms with Crippen LogP contribution in [0.4, 0.5) is 0 Å². The monoisotopic (exact) mass is 244 g/mol. The molecule has 3 N–H and O–H groups in total. The minimum atomic E-state index is -2.63. The van der Waals surface area contributed by atoms with E-state index in [-0.39, 0.29) is 0 Å². The summed E-state index contributed by atoms with van der Waals surface area (Å²) in [4.78, 5) is 17.9. The van der Waals surface area contributed by atoms with Crippen LogP contribution >= 0.6 is 8.60 Å². The molecule has 0 heterocycles. The van der Waals surface area contributed by atoms with Gasteiger partial charge in [-0.25, -0.2) is 0 Å². The zero-order valence-corrected chi connectivity index (χ0v) is 10.5. The Hall–Kier alpha value is -0.510. The van der Waals surface area contributed by atoms with Crippen LogP contribution in [0.25, 0.3) is 0 Å². The van der Waals surface area contributed by atoms with Gasteiger partial charge in [0, 0.05) is 11.0 Å². The van der Waals surface area contributed by atoms with Crippen molar-refractivity contribution in [3.63, 3.8) is 0 Å². The fourth-order valence-electron chi connectivity index (χ4n) is 1.40. The van der Waals surface area contributed by atoms with E-state index in [0.29, 0.717) is 5.56 Å². The standard InChI is InChI=1S/C11H17O4P/c1-10(2,3)11(12,15-16(13)14)9-7-5-4-6-8-9/h4-8,12-14H,1-3H3. The third kappa shape index (κ3) is 2.78. The number of hydrogen-bond donors (Lipinski definition) is 3. The molecule has 0 bridgehead atoms. The van der Waals surface area contributed by atoms with Crippen LogP contribution in [0, 0.1) is 5.41 Å². The zero-order valence-electron chi connectivity index (χ0n) is 9.58. The molecule has 90 valence electrons. The van der Waals surface area contributed by atoms with Crippen molar-refractivity contribution in [2.75, 3.05) is 0 Å². The summed E-state index contributed by atoms with van der Waals surface area (Å²) in [5.41, 5.74) is -0.182. The van der Waals surface area contributed by atoms with E-state index < -0.39 is 19.8 Å². The highest BCUT2D eigenvalue weighted by atomic mass is 31.2. The molecule has 1 aromatic rings. The Morgan fingerprint density at radius 1 is 1.06 bits per heavy atom. The van der Waals surface area contributed by atoms with Crippen LogP contribution in [0.2, 0.25) is 0 Å². The average molecular weight is 244 g/mol. The number of hydrogen-bond acceptors (Lipinski definition) is 4. The van der Waals surface area contributed by atoms with Gasteiger partial charge in [0.2, 0.25) is 5.79 Å². The quantitative estimate of drug-likeness (QED) is 0.562. The molecule has 1 unspecified atom stereocenters. The zero-order chi connectivity index (χ0) is 12.4. The topological polar surface area (TPSA) is 69.9 Å². The number of aliphatic hydroxyl groups is 1. The molecule has 0 aliphatic carbocycles. The van der Waals surface area contributed by atoms with E-state index in [1.165, 1.54) is 0 Å². The molecule has 0 amide bonds. The van der Waals surface area contributed by atoms with Crippen LogP contribution in [0.3, 0.4) is 0 Å². The van der Waals surface area contributed by atoms with Crippen molar-refractivity contribution < 1.29 is 19.4 Å². The van der Waals surface area contributed by atoms with Gasteiger partial charge in [-0.2, -0.15) is 0 Å². The van der Waals surface area contributed by atoms with Crippen LogP contribution in [-0.2, 0) is 10.3 Å². The smallest absolute Gasteiger partial charge is 0.329 e. The number of benzene rings is 1. The van der Waals surface area contributed by atoms with Crippen molar-refractivity contribution in [3.05, 3.63) is 35.9 Å². The minimum Gasteiger partial charge on any atom is -0.361 e. The molecule has 0 fully saturated rings. The summed E-state index contributed by atoms with van der Waals surface area (Å²) in [5.74, 6) is -1.72. The summed E-state index contributed by atoms with van der Waals surface area (Å²) >= 11 is 0. The van der Waals surface area contributed by atoms with Crippen molar-refractivity contribution in [2.45, 2.75) is 26.6 Å². The van der Waals surface area contributed by atoms with Crippen LogP contribution in [0.5, 0.6) is 0 Å². The molecule has 0 aliphatic heterocycles. The summed E-state index contributed by atoms with van der Waals surface area (Å²) in [6, 6.07) is 8.69. The van der Waals surface area contributed by atoms with Gasteiger partial charge < -0.3 is 14.9 Å². The lowest BCUT2D eigenvalue weighted by atomic mass is 9.81. The predicted molar refractivity (Wildman–Crippen MR) is 62.2 cm³/mol. The van der Waals surface area contributed by atoms with Gasteiger partial charge in [-0.1, -0.05) is 51.1 Å². The first-order chi connectivity index (χ1) is 7.27. The predicted octanol–water partition coefficient (Wildman–Crippen LogP) is 2.11. The lowest BCUT2D eigenvalue weighted by Gasteiger charge is -2.39. The maximum absolute atomic E-state index is 10.5. The highest BCUT2D eigenvalue weighted by Gasteiger charge is 2.45. The van der Waals surface area contributed by atoms with Gasteiger partial charge in [0.25, 0.3) is 0 Å². The summed E-state index contributed by atoms with van der Waals surface area (Å²) in [5, 5.41) is 10.5. The molecule has 0 aliphatic rings. The first-order valence-electron chi connectivity index (χ1n) is 4.92. The Balaban J connectivity index is 3.16. The summed E-state index contributed by atoms with van der Waals surface area (Å²) < 4.78 is 4.92. The second kappa shape index (κ2) is 4.78. The van der Waals surface area contributed by atoms with E-state index in [4.69, 9.17) is 14.3 Å². The molecule has 0 spiro atoms. The largest absolute Gasteiger partial charge is 0.361 e. The van der Waals surface area contributed by atoms with Crippen molar-refractivity contribution in [2.24, 2.45) is 5.41 Å². The van der Waals surface area contributed by atoms with Crippen molar-refractivity contribution in [1.29, 1.82) is 0 Å². The van der Waals surface area contributed by atoms with Gasteiger partial charge >= 0.3 is 8.60 Å². The average Bonchev–Trinajstić information content (AvgIpc) is 2.16. The molecule has 0 aromatic heterocycles. The Morgan fingerprint density at radius 2 is 1.56 bits per heavy atom. The Bertz CT molecular complexity index is 334. The van der Waals surface area contributed by atoms with Crippen LogP contribution < -0.4 is 0 Å². The summed E-state index contributed by atoms with van der Waals surface area (Å²) in [7, 11) is -2.63. The fraction of sp³-hybridized carbons (Fsp3) is 0.455. The van der Waals surface area contributed by atoms with Crippen molar-refractivity contribution >= 4 is 8.60 Å². The fourth-order valence-corrected chi connectivity index (χ4v) is 2.02. The van der Waals surface area contributed by atoms with Gasteiger partial charge in [-0.3, -0.25) is 4.52 Å². The van der Waals surface area contributed by atoms with E-state index in [1.54, 1.807) is 45.0 Å². The minimum absolute atomic E-state index is 0.498. The molecular formula is C11H17O4P. The number of rotatable bonds is 3. The van der Waals surface area contributed by atoms with Gasteiger partial charge in [0.1, 0.15) is 0 Å². The lowest BCUT2D eigenvalue weighted by molar-refractivity contribution is -0.220. The van der Waals surface area contributed by atoms with E-state index in [0.717, 1.165) is 0 Å². The Kier molecular flexibility index (Phi) is 4.05. The molecule has 4 nitrogen and oxygen atoms in total. The first-order valence-corrected chi connectivity index (χ1v) is 6.09. The van der Waals surface area contributed by atoms with Crippen molar-refractivity contribution in [1.82, 2.24) is 0 Å². The van der Waals surface area contributed by atoms with Gasteiger partial charge in [-0.15, -0.1) is 0 Å². The molecule has 0 radical (unpaired) electrons. The van der Waals surface area contributed by atoms with E-state index in [1.807, 2.05) is 6.07 Å². The summed E-state index contributed by atoms with van der Waals surface area (Å²) in [6.07, 6.45) is 0. The first kappa shape index (κ1) is 13.6. The molecular weight excluding hydrogens is 227 g/mol. The second-order valence-electron chi connectivity index (χ2n) is 4.60. The third-order valence-electron chi connectivity index (χ3n) is 2.40. The third-order valence-corrected chi connectivity index (χ3v) is 2.82. The molecule has 16 heavy (non-hydrogen) atoms. The van der Waals surface area contributed by atoms with E-state index >= 15 is 0 Å². The summed E-state index contributed by atoms with van der Waals surface area (Å²) in [6.45, 7) is 5.29. The van der Waals surface area contributed by atoms with Gasteiger partial charge in [0.05, 0.1) is 0 Å². The molecule has 5 heteroatoms. The van der Waals surface area contributed by atoms with E-state index in [2.05, 4.69) is 0 Å². The molecule has 0 saturated heterocycles. The maximum Gasteiger partial charge on any atom is 0.329 e. The lowest BCUT2D eigenvalue weighted by Crippen LogP contribution is -2.41. The van der Waals surface area contributed by atoms with E-state index in [9.17, 15) is 5.11 Å². The second-order valence-corrected chi connectivity index (χ2v) is 5.29. The van der Waals surface area contributed by atoms with Crippen LogP contribution in [-0.4, -0.2) is 14.9 Å². The van der Waals surface area contributed by atoms with Crippen molar-refractivity contribution in [3.8, 4) is 0 Å². The Labute approximate surface area is 96.5 Å². The molecule has 1 aromatic carbocycles. The normalized spacial score (nSPS) is 16.2. The highest BCUT2D eigenvalue weighted by Crippen LogP contribution is 2.47. The van der Waals surface area contributed by atoms with Crippen LogP contribution in [0.15, 0.2) is 30.3 Å².